The van der Waals surface area contributed by atoms with Crippen LogP contribution in [0.15, 0.2) is 18.2 Å². The van der Waals surface area contributed by atoms with Crippen LogP contribution in [0.2, 0.25) is 5.02 Å². The minimum absolute atomic E-state index is 0.177. The number of carboxylic acids is 1. The quantitative estimate of drug-likeness (QED) is 0.878. The third-order valence-electron chi connectivity index (χ3n) is 3.59. The van der Waals surface area contributed by atoms with E-state index in [9.17, 15) is 9.90 Å². The molecule has 5 heteroatoms. The SMILES string of the molecule is CSC1CCC(Nc2cccc(Cl)c2C(=O)O)CC1. The van der Waals surface area contributed by atoms with Gasteiger partial charge in [-0.15, -0.1) is 0 Å². The average molecular weight is 300 g/mol. The molecule has 0 amide bonds. The van der Waals surface area contributed by atoms with Crippen molar-refractivity contribution in [2.45, 2.75) is 37.0 Å². The van der Waals surface area contributed by atoms with Crippen molar-refractivity contribution in [2.24, 2.45) is 0 Å². The third kappa shape index (κ3) is 3.57. The third-order valence-corrected chi connectivity index (χ3v) is 5.05. The zero-order valence-electron chi connectivity index (χ0n) is 10.9. The van der Waals surface area contributed by atoms with Gasteiger partial charge in [0.1, 0.15) is 5.56 Å². The Morgan fingerprint density at radius 2 is 2.05 bits per heavy atom. The van der Waals surface area contributed by atoms with E-state index >= 15 is 0 Å². The Morgan fingerprint density at radius 3 is 2.63 bits per heavy atom. The number of carboxylic acid groups (broad SMARTS) is 1. The zero-order chi connectivity index (χ0) is 13.8. The molecular weight excluding hydrogens is 282 g/mol. The molecule has 1 aromatic carbocycles. The standard InChI is InChI=1S/C14H18ClNO2S/c1-19-10-7-5-9(6-8-10)16-12-4-2-3-11(15)13(12)14(17)18/h2-4,9-10,16H,5-8H2,1H3,(H,17,18). The number of aromatic carboxylic acids is 1. The van der Waals surface area contributed by atoms with Crippen LogP contribution in [-0.2, 0) is 0 Å². The molecule has 1 saturated carbocycles. The number of nitrogens with one attached hydrogen (secondary N) is 1. The Labute approximate surface area is 122 Å². The summed E-state index contributed by atoms with van der Waals surface area (Å²) in [6.07, 6.45) is 6.68. The Bertz CT molecular complexity index is 459. The van der Waals surface area contributed by atoms with Crippen LogP contribution >= 0.6 is 23.4 Å². The lowest BCUT2D eigenvalue weighted by molar-refractivity contribution is 0.0698. The van der Waals surface area contributed by atoms with Gasteiger partial charge in [-0.2, -0.15) is 11.8 Å². The van der Waals surface area contributed by atoms with Gasteiger partial charge in [0.05, 0.1) is 10.7 Å². The summed E-state index contributed by atoms with van der Waals surface area (Å²) in [6.45, 7) is 0. The lowest BCUT2D eigenvalue weighted by atomic mass is 9.94. The van der Waals surface area contributed by atoms with E-state index in [0.29, 0.717) is 11.7 Å². The summed E-state index contributed by atoms with van der Waals surface area (Å²) in [7, 11) is 0. The Morgan fingerprint density at radius 1 is 1.37 bits per heavy atom. The molecule has 0 spiro atoms. The van der Waals surface area contributed by atoms with Gasteiger partial charge in [-0.05, 0) is 44.1 Å². The van der Waals surface area contributed by atoms with Crippen LogP contribution in [0.25, 0.3) is 0 Å². The minimum Gasteiger partial charge on any atom is -0.478 e. The first kappa shape index (κ1) is 14.5. The number of hydrogen-bond acceptors (Lipinski definition) is 3. The van der Waals surface area contributed by atoms with Crippen molar-refractivity contribution in [1.82, 2.24) is 0 Å². The van der Waals surface area contributed by atoms with Crippen LogP contribution in [0, 0.1) is 0 Å². The molecule has 104 valence electrons. The number of halogens is 1. The van der Waals surface area contributed by atoms with Crippen molar-refractivity contribution in [3.05, 3.63) is 28.8 Å². The highest BCUT2D eigenvalue weighted by Gasteiger charge is 2.22. The lowest BCUT2D eigenvalue weighted by Crippen LogP contribution is -2.27. The van der Waals surface area contributed by atoms with Crippen LogP contribution in [0.5, 0.6) is 0 Å². The second-order valence-electron chi connectivity index (χ2n) is 4.82. The van der Waals surface area contributed by atoms with Crippen molar-refractivity contribution < 1.29 is 9.90 Å². The van der Waals surface area contributed by atoms with Crippen LogP contribution in [-0.4, -0.2) is 28.6 Å². The second kappa shape index (κ2) is 6.53. The molecule has 0 atom stereocenters. The molecular formula is C14H18ClNO2S. The molecule has 1 fully saturated rings. The van der Waals surface area contributed by atoms with Gasteiger partial charge in [0.15, 0.2) is 0 Å². The van der Waals surface area contributed by atoms with Gasteiger partial charge in [0, 0.05) is 11.3 Å². The smallest absolute Gasteiger partial charge is 0.339 e. The maximum absolute atomic E-state index is 11.3. The van der Waals surface area contributed by atoms with E-state index < -0.39 is 5.97 Å². The first-order chi connectivity index (χ1) is 9.11. The topological polar surface area (TPSA) is 49.3 Å². The number of thioether (sulfide) groups is 1. The fourth-order valence-corrected chi connectivity index (χ4v) is 3.52. The largest absolute Gasteiger partial charge is 0.478 e. The van der Waals surface area contributed by atoms with Gasteiger partial charge in [-0.3, -0.25) is 0 Å². The van der Waals surface area contributed by atoms with Crippen molar-refractivity contribution in [2.75, 3.05) is 11.6 Å². The number of carbonyl (C=O) groups is 1. The van der Waals surface area contributed by atoms with E-state index in [1.54, 1.807) is 18.2 Å². The zero-order valence-corrected chi connectivity index (χ0v) is 12.4. The highest BCUT2D eigenvalue weighted by Crippen LogP contribution is 2.31. The van der Waals surface area contributed by atoms with E-state index in [-0.39, 0.29) is 10.6 Å². The molecule has 0 unspecified atom stereocenters. The van der Waals surface area contributed by atoms with Gasteiger partial charge in [-0.25, -0.2) is 4.79 Å². The number of hydrogen-bond donors (Lipinski definition) is 2. The summed E-state index contributed by atoms with van der Waals surface area (Å²) in [5, 5.41) is 13.6. The average Bonchev–Trinajstić information content (AvgIpc) is 2.39. The molecule has 2 N–H and O–H groups in total. The molecule has 2 rings (SSSR count). The predicted octanol–water partition coefficient (Wildman–Crippen LogP) is 4.12. The van der Waals surface area contributed by atoms with E-state index in [1.807, 2.05) is 11.8 Å². The fourth-order valence-electron chi connectivity index (χ4n) is 2.52. The normalized spacial score (nSPS) is 23.1. The van der Waals surface area contributed by atoms with Gasteiger partial charge in [0.2, 0.25) is 0 Å². The van der Waals surface area contributed by atoms with Crippen LogP contribution in [0.3, 0.4) is 0 Å². The highest BCUT2D eigenvalue weighted by atomic mass is 35.5. The second-order valence-corrected chi connectivity index (χ2v) is 6.37. The number of anilines is 1. The predicted molar refractivity (Wildman–Crippen MR) is 81.6 cm³/mol. The summed E-state index contributed by atoms with van der Waals surface area (Å²) in [6, 6.07) is 5.53. The summed E-state index contributed by atoms with van der Waals surface area (Å²) in [5.41, 5.74) is 0.809. The monoisotopic (exact) mass is 299 g/mol. The Hall–Kier alpha value is -0.870. The van der Waals surface area contributed by atoms with Crippen molar-refractivity contribution in [3.8, 4) is 0 Å². The molecule has 0 saturated heterocycles. The highest BCUT2D eigenvalue weighted by molar-refractivity contribution is 7.99. The molecule has 0 bridgehead atoms. The molecule has 0 heterocycles. The Kier molecular flexibility index (Phi) is 4.99. The van der Waals surface area contributed by atoms with Crippen molar-refractivity contribution in [1.29, 1.82) is 0 Å². The van der Waals surface area contributed by atoms with Crippen molar-refractivity contribution in [3.63, 3.8) is 0 Å². The summed E-state index contributed by atoms with van der Waals surface area (Å²) >= 11 is 7.89. The number of benzene rings is 1. The Balaban J connectivity index is 2.08. The van der Waals surface area contributed by atoms with E-state index in [4.69, 9.17) is 11.6 Å². The van der Waals surface area contributed by atoms with Crippen LogP contribution in [0.1, 0.15) is 36.0 Å². The van der Waals surface area contributed by atoms with Crippen LogP contribution in [0.4, 0.5) is 5.69 Å². The van der Waals surface area contributed by atoms with Gasteiger partial charge < -0.3 is 10.4 Å². The summed E-state index contributed by atoms with van der Waals surface area (Å²) in [4.78, 5) is 11.3. The summed E-state index contributed by atoms with van der Waals surface area (Å²) in [5.74, 6) is -0.981. The maximum atomic E-state index is 11.3. The molecule has 0 aromatic heterocycles. The van der Waals surface area contributed by atoms with Crippen LogP contribution < -0.4 is 5.32 Å². The van der Waals surface area contributed by atoms with Gasteiger partial charge in [-0.1, -0.05) is 17.7 Å². The van der Waals surface area contributed by atoms with Gasteiger partial charge >= 0.3 is 5.97 Å². The van der Waals surface area contributed by atoms with E-state index in [0.717, 1.165) is 18.1 Å². The van der Waals surface area contributed by atoms with Gasteiger partial charge in [0.25, 0.3) is 0 Å². The molecule has 0 radical (unpaired) electrons. The maximum Gasteiger partial charge on any atom is 0.339 e. The first-order valence-electron chi connectivity index (χ1n) is 6.43. The molecule has 19 heavy (non-hydrogen) atoms. The number of rotatable bonds is 4. The fraction of sp³-hybridized carbons (Fsp3) is 0.500. The minimum atomic E-state index is -0.981. The van der Waals surface area contributed by atoms with Crippen molar-refractivity contribution >= 4 is 35.0 Å². The molecule has 3 nitrogen and oxygen atoms in total. The molecule has 1 aromatic rings. The molecule has 0 aliphatic heterocycles. The summed E-state index contributed by atoms with van der Waals surface area (Å²) < 4.78 is 0. The molecule has 1 aliphatic carbocycles. The molecule has 1 aliphatic rings. The van der Waals surface area contributed by atoms with E-state index in [2.05, 4.69) is 11.6 Å². The van der Waals surface area contributed by atoms with E-state index in [1.165, 1.54) is 12.8 Å². The lowest BCUT2D eigenvalue weighted by Gasteiger charge is -2.29. The first-order valence-corrected chi connectivity index (χ1v) is 8.09.